The second-order valence-electron chi connectivity index (χ2n) is 6.13. The van der Waals surface area contributed by atoms with Gasteiger partial charge >= 0.3 is 0 Å². The van der Waals surface area contributed by atoms with Crippen LogP contribution in [0.4, 0.5) is 5.82 Å². The minimum atomic E-state index is 0.866. The molecule has 2 saturated carbocycles. The van der Waals surface area contributed by atoms with E-state index >= 15 is 0 Å². The van der Waals surface area contributed by atoms with Gasteiger partial charge in [-0.1, -0.05) is 6.42 Å². The van der Waals surface area contributed by atoms with E-state index in [0.29, 0.717) is 0 Å². The van der Waals surface area contributed by atoms with Gasteiger partial charge in [0.05, 0.1) is 10.2 Å². The van der Waals surface area contributed by atoms with E-state index < -0.39 is 0 Å². The molecule has 2 aliphatic carbocycles. The Balaban J connectivity index is 1.52. The lowest BCUT2D eigenvalue weighted by atomic mass is 9.89. The topological polar surface area (TPSA) is 37.8 Å². The Hall–Kier alpha value is -1.16. The zero-order valence-electron chi connectivity index (χ0n) is 11.2. The molecule has 19 heavy (non-hydrogen) atoms. The van der Waals surface area contributed by atoms with Crippen molar-refractivity contribution >= 4 is 27.4 Å². The summed E-state index contributed by atoms with van der Waals surface area (Å²) in [6.07, 6.45) is 7.52. The van der Waals surface area contributed by atoms with Gasteiger partial charge in [0.25, 0.3) is 0 Å². The molecule has 0 aliphatic heterocycles. The molecule has 4 heteroatoms. The van der Waals surface area contributed by atoms with Gasteiger partial charge < -0.3 is 5.32 Å². The first-order valence-electron chi connectivity index (χ1n) is 7.24. The highest BCUT2D eigenvalue weighted by molar-refractivity contribution is 7.18. The third kappa shape index (κ3) is 1.93. The van der Waals surface area contributed by atoms with Crippen molar-refractivity contribution in [2.45, 2.75) is 32.6 Å². The maximum absolute atomic E-state index is 4.43. The third-order valence-electron chi connectivity index (χ3n) is 4.95. The molecule has 0 amide bonds. The van der Waals surface area contributed by atoms with Crippen LogP contribution in [0.5, 0.6) is 0 Å². The maximum atomic E-state index is 4.43. The third-order valence-corrected chi connectivity index (χ3v) is 6.04. The number of nitrogens with one attached hydrogen (secondary N) is 1. The monoisotopic (exact) mass is 273 g/mol. The van der Waals surface area contributed by atoms with Crippen LogP contribution in [0, 0.1) is 24.7 Å². The van der Waals surface area contributed by atoms with E-state index in [-0.39, 0.29) is 0 Å². The fourth-order valence-corrected chi connectivity index (χ4v) is 4.92. The first-order valence-corrected chi connectivity index (χ1v) is 8.12. The summed E-state index contributed by atoms with van der Waals surface area (Å²) < 4.78 is 1.21. The van der Waals surface area contributed by atoms with Gasteiger partial charge in [0.15, 0.2) is 0 Å². The van der Waals surface area contributed by atoms with E-state index in [4.69, 9.17) is 0 Å². The van der Waals surface area contributed by atoms with Crippen LogP contribution in [-0.4, -0.2) is 16.5 Å². The number of fused-ring (bicyclic) bond motifs is 3. The minimum Gasteiger partial charge on any atom is -0.368 e. The summed E-state index contributed by atoms with van der Waals surface area (Å²) in [4.78, 5) is 8.81. The lowest BCUT2D eigenvalue weighted by Gasteiger charge is -2.22. The predicted octanol–water partition coefficient (Wildman–Crippen LogP) is 3.85. The smallest absolute Gasteiger partial charge is 0.147 e. The second-order valence-corrected chi connectivity index (χ2v) is 7.01. The lowest BCUT2D eigenvalue weighted by molar-refractivity contribution is 0.348. The van der Waals surface area contributed by atoms with Crippen molar-refractivity contribution in [3.63, 3.8) is 0 Å². The Morgan fingerprint density at radius 1 is 1.32 bits per heavy atom. The summed E-state index contributed by atoms with van der Waals surface area (Å²) in [5, 5.41) is 5.76. The van der Waals surface area contributed by atoms with E-state index in [2.05, 4.69) is 27.6 Å². The van der Waals surface area contributed by atoms with Gasteiger partial charge in [0, 0.05) is 6.54 Å². The van der Waals surface area contributed by atoms with Crippen molar-refractivity contribution in [2.24, 2.45) is 17.8 Å². The molecule has 1 N–H and O–H groups in total. The van der Waals surface area contributed by atoms with Gasteiger partial charge in [0.2, 0.25) is 0 Å². The zero-order valence-corrected chi connectivity index (χ0v) is 12.0. The Labute approximate surface area is 117 Å². The van der Waals surface area contributed by atoms with Crippen LogP contribution in [0.2, 0.25) is 0 Å². The lowest BCUT2D eigenvalue weighted by Crippen LogP contribution is -2.20. The summed E-state index contributed by atoms with van der Waals surface area (Å²) in [5.74, 6) is 3.89. The highest BCUT2D eigenvalue weighted by atomic mass is 32.1. The Kier molecular flexibility index (Phi) is 2.72. The van der Waals surface area contributed by atoms with Crippen LogP contribution in [0.15, 0.2) is 11.7 Å². The molecule has 2 aliphatic rings. The number of hydrogen-bond donors (Lipinski definition) is 1. The van der Waals surface area contributed by atoms with Crippen LogP contribution < -0.4 is 5.32 Å². The molecular formula is C15H19N3S. The molecule has 2 fully saturated rings. The standard InChI is InChI=1S/C15H19N3S/c1-9-7-19-14-13(9)17-8-18-15(14)16-6-12-5-10-2-3-11(12)4-10/h7-8,10-12H,2-6H2,1H3,(H,16,17,18). The molecule has 4 rings (SSSR count). The van der Waals surface area contributed by atoms with Crippen molar-refractivity contribution in [3.05, 3.63) is 17.3 Å². The predicted molar refractivity (Wildman–Crippen MR) is 79.6 cm³/mol. The Bertz CT molecular complexity index is 606. The zero-order chi connectivity index (χ0) is 12.8. The number of aromatic nitrogens is 2. The quantitative estimate of drug-likeness (QED) is 0.923. The van der Waals surface area contributed by atoms with Crippen molar-refractivity contribution in [1.29, 1.82) is 0 Å². The normalized spacial score (nSPS) is 29.2. The Morgan fingerprint density at radius 3 is 3.05 bits per heavy atom. The summed E-state index contributed by atoms with van der Waals surface area (Å²) >= 11 is 1.75. The number of nitrogens with zero attached hydrogens (tertiary/aromatic N) is 2. The van der Waals surface area contributed by atoms with Crippen molar-refractivity contribution in [3.8, 4) is 0 Å². The van der Waals surface area contributed by atoms with Crippen LogP contribution in [-0.2, 0) is 0 Å². The van der Waals surface area contributed by atoms with Gasteiger partial charge in [-0.05, 0) is 54.9 Å². The van der Waals surface area contributed by atoms with E-state index in [1.165, 1.54) is 35.9 Å². The van der Waals surface area contributed by atoms with Gasteiger partial charge in [0.1, 0.15) is 12.1 Å². The molecule has 2 bridgehead atoms. The van der Waals surface area contributed by atoms with Crippen LogP contribution in [0.3, 0.4) is 0 Å². The molecule has 0 aromatic carbocycles. The summed E-state index contributed by atoms with van der Waals surface area (Å²) in [5.41, 5.74) is 2.36. The highest BCUT2D eigenvalue weighted by Gasteiger charge is 2.39. The number of anilines is 1. The van der Waals surface area contributed by atoms with Crippen LogP contribution >= 0.6 is 11.3 Å². The SMILES string of the molecule is Cc1csc2c(NCC3CC4CCC3C4)ncnc12. The van der Waals surface area contributed by atoms with Gasteiger partial charge in [-0.25, -0.2) is 9.97 Å². The fourth-order valence-electron chi connectivity index (χ4n) is 3.95. The molecule has 2 aromatic heterocycles. The van der Waals surface area contributed by atoms with E-state index in [1.807, 2.05) is 0 Å². The second kappa shape index (κ2) is 4.44. The van der Waals surface area contributed by atoms with Crippen molar-refractivity contribution in [1.82, 2.24) is 9.97 Å². The molecule has 2 aromatic rings. The molecule has 3 atom stereocenters. The van der Waals surface area contributed by atoms with E-state index in [9.17, 15) is 0 Å². The average Bonchev–Trinajstić information content (AvgIpc) is 3.12. The number of rotatable bonds is 3. The maximum Gasteiger partial charge on any atom is 0.147 e. The van der Waals surface area contributed by atoms with Crippen LogP contribution in [0.1, 0.15) is 31.2 Å². The van der Waals surface area contributed by atoms with Crippen molar-refractivity contribution in [2.75, 3.05) is 11.9 Å². The number of aryl methyl sites for hydroxylation is 1. The molecule has 0 saturated heterocycles. The number of hydrogen-bond acceptors (Lipinski definition) is 4. The van der Waals surface area contributed by atoms with E-state index in [1.54, 1.807) is 17.7 Å². The summed E-state index contributed by atoms with van der Waals surface area (Å²) in [7, 11) is 0. The Morgan fingerprint density at radius 2 is 2.26 bits per heavy atom. The van der Waals surface area contributed by atoms with E-state index in [0.717, 1.165) is 35.6 Å². The van der Waals surface area contributed by atoms with Gasteiger partial charge in [-0.2, -0.15) is 0 Å². The number of thiophene rings is 1. The van der Waals surface area contributed by atoms with Gasteiger partial charge in [-0.15, -0.1) is 11.3 Å². The molecule has 100 valence electrons. The largest absolute Gasteiger partial charge is 0.368 e. The first kappa shape index (κ1) is 11.6. The molecule has 3 unspecified atom stereocenters. The summed E-state index contributed by atoms with van der Waals surface area (Å²) in [6, 6.07) is 0. The van der Waals surface area contributed by atoms with Crippen molar-refractivity contribution < 1.29 is 0 Å². The highest BCUT2D eigenvalue weighted by Crippen LogP contribution is 2.48. The minimum absolute atomic E-state index is 0.866. The molecule has 2 heterocycles. The molecular weight excluding hydrogens is 254 g/mol. The molecule has 0 spiro atoms. The van der Waals surface area contributed by atoms with Crippen LogP contribution in [0.25, 0.3) is 10.2 Å². The van der Waals surface area contributed by atoms with Gasteiger partial charge in [-0.3, -0.25) is 0 Å². The molecule has 0 radical (unpaired) electrons. The summed E-state index contributed by atoms with van der Waals surface area (Å²) in [6.45, 7) is 3.20. The fraction of sp³-hybridized carbons (Fsp3) is 0.600. The molecule has 3 nitrogen and oxygen atoms in total. The first-order chi connectivity index (χ1) is 9.31. The average molecular weight is 273 g/mol.